The van der Waals surface area contributed by atoms with E-state index in [4.69, 9.17) is 0 Å². The number of benzene rings is 2. The van der Waals surface area contributed by atoms with Crippen molar-refractivity contribution in [1.29, 1.82) is 0 Å². The Bertz CT molecular complexity index is 661. The van der Waals surface area contributed by atoms with Gasteiger partial charge in [0.2, 0.25) is 0 Å². The first-order valence-corrected chi connectivity index (χ1v) is 6.94. The molecule has 0 atom stereocenters. The van der Waals surface area contributed by atoms with Crippen LogP contribution >= 0.6 is 0 Å². The first kappa shape index (κ1) is 12.8. The van der Waals surface area contributed by atoms with Crippen LogP contribution in [0.25, 0.3) is 10.8 Å². The summed E-state index contributed by atoms with van der Waals surface area (Å²) in [5, 5.41) is 13.8. The van der Waals surface area contributed by atoms with E-state index in [0.717, 1.165) is 26.1 Å². The number of nitrogens with one attached hydrogen (secondary N) is 1. The Morgan fingerprint density at radius 2 is 1.95 bits per heavy atom. The molecular weight excluding hydrogens is 248 g/mol. The Balaban J connectivity index is 1.47. The highest BCUT2D eigenvalue weighted by Crippen LogP contribution is 2.15. The van der Waals surface area contributed by atoms with Crippen molar-refractivity contribution in [2.45, 2.75) is 19.5 Å². The number of rotatable bonds is 6. The topological polar surface area (TPSA) is 42.7 Å². The van der Waals surface area contributed by atoms with Crippen LogP contribution in [0.3, 0.4) is 0 Å². The number of nitrogens with zero attached hydrogens (tertiary/aromatic N) is 3. The van der Waals surface area contributed by atoms with Crippen LogP contribution in [0.4, 0.5) is 0 Å². The lowest BCUT2D eigenvalue weighted by molar-refractivity contribution is 0.530. The van der Waals surface area contributed by atoms with E-state index in [1.807, 2.05) is 10.9 Å². The molecule has 3 rings (SSSR count). The summed E-state index contributed by atoms with van der Waals surface area (Å²) in [6, 6.07) is 15.1. The molecule has 0 saturated carbocycles. The molecule has 0 aliphatic carbocycles. The third-order valence-electron chi connectivity index (χ3n) is 3.36. The fourth-order valence-electron chi connectivity index (χ4n) is 2.30. The van der Waals surface area contributed by atoms with Crippen molar-refractivity contribution < 1.29 is 0 Å². The second kappa shape index (κ2) is 6.30. The third kappa shape index (κ3) is 3.22. The minimum absolute atomic E-state index is 0.905. The van der Waals surface area contributed by atoms with Gasteiger partial charge in [0.05, 0.1) is 6.20 Å². The highest BCUT2D eigenvalue weighted by molar-refractivity contribution is 5.82. The van der Waals surface area contributed by atoms with Crippen molar-refractivity contribution in [2.24, 2.45) is 0 Å². The van der Waals surface area contributed by atoms with E-state index < -0.39 is 0 Å². The van der Waals surface area contributed by atoms with Crippen LogP contribution in [-0.2, 0) is 13.1 Å². The third-order valence-corrected chi connectivity index (χ3v) is 3.36. The minimum atomic E-state index is 0.905. The van der Waals surface area contributed by atoms with Gasteiger partial charge in [0.15, 0.2) is 0 Å². The summed E-state index contributed by atoms with van der Waals surface area (Å²) < 4.78 is 1.86. The van der Waals surface area contributed by atoms with Crippen molar-refractivity contribution in [1.82, 2.24) is 20.3 Å². The number of hydrogen-bond acceptors (Lipinski definition) is 3. The van der Waals surface area contributed by atoms with Crippen molar-refractivity contribution in [3.05, 3.63) is 60.4 Å². The van der Waals surface area contributed by atoms with Crippen molar-refractivity contribution in [3.8, 4) is 0 Å². The van der Waals surface area contributed by atoms with Crippen LogP contribution in [0.2, 0.25) is 0 Å². The zero-order valence-electron chi connectivity index (χ0n) is 11.4. The van der Waals surface area contributed by atoms with Gasteiger partial charge in [-0.25, -0.2) is 0 Å². The zero-order chi connectivity index (χ0) is 13.6. The molecular formula is C16H18N4. The molecule has 20 heavy (non-hydrogen) atoms. The number of aryl methyl sites for hydroxylation is 1. The van der Waals surface area contributed by atoms with E-state index >= 15 is 0 Å². The van der Waals surface area contributed by atoms with Gasteiger partial charge in [-0.15, -0.1) is 5.10 Å². The average Bonchev–Trinajstić information content (AvgIpc) is 3.00. The highest BCUT2D eigenvalue weighted by atomic mass is 15.4. The minimum Gasteiger partial charge on any atom is -0.313 e. The van der Waals surface area contributed by atoms with Crippen molar-refractivity contribution in [3.63, 3.8) is 0 Å². The maximum atomic E-state index is 3.95. The average molecular weight is 266 g/mol. The molecule has 1 heterocycles. The fourth-order valence-corrected chi connectivity index (χ4v) is 2.30. The van der Waals surface area contributed by atoms with Crippen LogP contribution in [0.5, 0.6) is 0 Å². The second-order valence-corrected chi connectivity index (χ2v) is 4.88. The molecule has 0 radical (unpaired) electrons. The predicted molar refractivity (Wildman–Crippen MR) is 80.3 cm³/mol. The Morgan fingerprint density at radius 1 is 1.05 bits per heavy atom. The van der Waals surface area contributed by atoms with Gasteiger partial charge in [-0.3, -0.25) is 4.68 Å². The monoisotopic (exact) mass is 266 g/mol. The van der Waals surface area contributed by atoms with E-state index in [0.29, 0.717) is 0 Å². The van der Waals surface area contributed by atoms with Crippen molar-refractivity contribution in [2.75, 3.05) is 6.54 Å². The summed E-state index contributed by atoms with van der Waals surface area (Å²) in [6.07, 6.45) is 4.66. The largest absolute Gasteiger partial charge is 0.313 e. The van der Waals surface area contributed by atoms with Crippen LogP contribution in [0, 0.1) is 0 Å². The maximum Gasteiger partial charge on any atom is 0.0692 e. The second-order valence-electron chi connectivity index (χ2n) is 4.88. The summed E-state index contributed by atoms with van der Waals surface area (Å²) in [4.78, 5) is 0. The van der Waals surface area contributed by atoms with Crippen LogP contribution in [0.15, 0.2) is 54.9 Å². The van der Waals surface area contributed by atoms with Gasteiger partial charge in [-0.1, -0.05) is 41.6 Å². The number of hydrogen-bond donors (Lipinski definition) is 1. The summed E-state index contributed by atoms with van der Waals surface area (Å²) in [7, 11) is 0. The quantitative estimate of drug-likeness (QED) is 0.697. The first-order chi connectivity index (χ1) is 9.92. The normalized spacial score (nSPS) is 11.0. The SMILES string of the molecule is c1ccc2cc(CNCCCn3ccnn3)ccc2c1. The molecule has 0 fully saturated rings. The standard InChI is InChI=1S/C16H18N4/c1-2-5-16-12-14(6-7-15(16)4-1)13-17-8-3-10-20-11-9-18-19-20/h1-2,4-7,9,11-12,17H,3,8,10,13H2. The molecule has 4 nitrogen and oxygen atoms in total. The van der Waals surface area contributed by atoms with Gasteiger partial charge in [0, 0.05) is 19.3 Å². The lowest BCUT2D eigenvalue weighted by Crippen LogP contribution is -2.16. The Hall–Kier alpha value is -2.20. The molecule has 0 aliphatic heterocycles. The molecule has 2 aromatic carbocycles. The first-order valence-electron chi connectivity index (χ1n) is 6.94. The lowest BCUT2D eigenvalue weighted by atomic mass is 10.1. The summed E-state index contributed by atoms with van der Waals surface area (Å²) in [5.41, 5.74) is 1.32. The van der Waals surface area contributed by atoms with E-state index in [1.165, 1.54) is 16.3 Å². The molecule has 0 aliphatic rings. The molecule has 0 spiro atoms. The van der Waals surface area contributed by atoms with Gasteiger partial charge in [-0.05, 0) is 35.4 Å². The van der Waals surface area contributed by atoms with Gasteiger partial charge < -0.3 is 5.32 Å². The molecule has 0 amide bonds. The van der Waals surface area contributed by atoms with E-state index in [9.17, 15) is 0 Å². The van der Waals surface area contributed by atoms with Crippen LogP contribution in [-0.4, -0.2) is 21.5 Å². The predicted octanol–water partition coefficient (Wildman–Crippen LogP) is 2.61. The van der Waals surface area contributed by atoms with Crippen molar-refractivity contribution >= 4 is 10.8 Å². The Morgan fingerprint density at radius 3 is 2.80 bits per heavy atom. The van der Waals surface area contributed by atoms with Gasteiger partial charge in [0.1, 0.15) is 0 Å². The molecule has 0 unspecified atom stereocenters. The van der Waals surface area contributed by atoms with E-state index in [1.54, 1.807) is 6.20 Å². The van der Waals surface area contributed by atoms with Crippen LogP contribution < -0.4 is 5.32 Å². The number of aromatic nitrogens is 3. The maximum absolute atomic E-state index is 3.95. The zero-order valence-corrected chi connectivity index (χ0v) is 11.4. The Labute approximate surface area is 118 Å². The number of fused-ring (bicyclic) bond motifs is 1. The molecule has 1 N–H and O–H groups in total. The molecule has 102 valence electrons. The fraction of sp³-hybridized carbons (Fsp3) is 0.250. The molecule has 4 heteroatoms. The molecule has 0 saturated heterocycles. The smallest absolute Gasteiger partial charge is 0.0692 e. The van der Waals surface area contributed by atoms with Crippen LogP contribution in [0.1, 0.15) is 12.0 Å². The Kier molecular flexibility index (Phi) is 4.04. The lowest BCUT2D eigenvalue weighted by Gasteiger charge is -2.06. The molecule has 1 aromatic heterocycles. The van der Waals surface area contributed by atoms with Gasteiger partial charge >= 0.3 is 0 Å². The summed E-state index contributed by atoms with van der Waals surface area (Å²) in [5.74, 6) is 0. The summed E-state index contributed by atoms with van der Waals surface area (Å²) in [6.45, 7) is 2.79. The van der Waals surface area contributed by atoms with E-state index in [2.05, 4.69) is 58.1 Å². The van der Waals surface area contributed by atoms with Gasteiger partial charge in [-0.2, -0.15) is 0 Å². The summed E-state index contributed by atoms with van der Waals surface area (Å²) >= 11 is 0. The van der Waals surface area contributed by atoms with Gasteiger partial charge in [0.25, 0.3) is 0 Å². The van der Waals surface area contributed by atoms with E-state index in [-0.39, 0.29) is 0 Å². The highest BCUT2D eigenvalue weighted by Gasteiger charge is 1.96. The molecule has 0 bridgehead atoms. The molecule has 3 aromatic rings.